The topological polar surface area (TPSA) is 89.9 Å². The van der Waals surface area contributed by atoms with Crippen LogP contribution < -0.4 is 4.74 Å². The third-order valence-electron chi connectivity index (χ3n) is 3.02. The first-order valence-electron chi connectivity index (χ1n) is 6.09. The molecule has 0 saturated carbocycles. The van der Waals surface area contributed by atoms with Crippen LogP contribution in [0.1, 0.15) is 23.7 Å². The smallest absolute Gasteiger partial charge is 0.339 e. The third kappa shape index (κ3) is 3.87. The number of halogens is 1. The number of carboxylic acid groups (broad SMARTS) is 1. The molecule has 0 radical (unpaired) electrons. The highest BCUT2D eigenvalue weighted by Crippen LogP contribution is 2.34. The van der Waals surface area contributed by atoms with Gasteiger partial charge in [-0.2, -0.15) is 0 Å². The molecular weight excluding hydrogens is 320 g/mol. The maximum Gasteiger partial charge on any atom is 0.339 e. The van der Waals surface area contributed by atoms with Crippen LogP contribution in [0, 0.1) is 0 Å². The predicted molar refractivity (Wildman–Crippen MR) is 78.1 cm³/mol. The van der Waals surface area contributed by atoms with Crippen LogP contribution in [0.25, 0.3) is 0 Å². The Morgan fingerprint density at radius 3 is 2.48 bits per heavy atom. The minimum atomic E-state index is -3.79. The number of rotatable bonds is 7. The van der Waals surface area contributed by atoms with Gasteiger partial charge in [-0.15, -0.1) is 0 Å². The van der Waals surface area contributed by atoms with Crippen molar-refractivity contribution in [3.05, 3.63) is 22.7 Å². The maximum atomic E-state index is 12.6. The van der Waals surface area contributed by atoms with Crippen molar-refractivity contribution in [2.45, 2.75) is 23.5 Å². The molecule has 0 aliphatic heterocycles. The van der Waals surface area contributed by atoms with Crippen molar-refractivity contribution in [3.63, 3.8) is 0 Å². The number of hydrogen-bond donors (Lipinski definition) is 1. The summed E-state index contributed by atoms with van der Waals surface area (Å²) in [5, 5.41) is 8.40. The summed E-state index contributed by atoms with van der Waals surface area (Å²) in [7, 11) is -1.09. The van der Waals surface area contributed by atoms with Crippen LogP contribution in [0.4, 0.5) is 0 Å². The molecule has 1 aromatic rings. The Labute approximate surface area is 128 Å². The standard InChI is InChI=1S/C13H17ClO6S/c1-8(4-5-19-2)21(17,18)11-7-9(14)6-10(13(15)16)12(11)20-3/h6-8H,4-5H2,1-3H3,(H,15,16). The average Bonchev–Trinajstić information content (AvgIpc) is 2.43. The van der Waals surface area contributed by atoms with E-state index in [0.29, 0.717) is 0 Å². The minimum Gasteiger partial charge on any atom is -0.494 e. The molecule has 118 valence electrons. The van der Waals surface area contributed by atoms with Crippen molar-refractivity contribution in [1.29, 1.82) is 0 Å². The molecule has 0 spiro atoms. The van der Waals surface area contributed by atoms with Gasteiger partial charge >= 0.3 is 5.97 Å². The van der Waals surface area contributed by atoms with Crippen molar-refractivity contribution >= 4 is 27.4 Å². The third-order valence-corrected chi connectivity index (χ3v) is 5.45. The summed E-state index contributed by atoms with van der Waals surface area (Å²) in [6.45, 7) is 1.80. The van der Waals surface area contributed by atoms with Crippen molar-refractivity contribution in [1.82, 2.24) is 0 Å². The predicted octanol–water partition coefficient (Wildman–Crippen LogP) is 2.25. The van der Waals surface area contributed by atoms with E-state index in [2.05, 4.69) is 0 Å². The van der Waals surface area contributed by atoms with Crippen LogP contribution in [-0.4, -0.2) is 45.6 Å². The van der Waals surface area contributed by atoms with Gasteiger partial charge in [0, 0.05) is 18.7 Å². The average molecular weight is 337 g/mol. The summed E-state index contributed by atoms with van der Waals surface area (Å²) in [6.07, 6.45) is 0.275. The number of hydrogen-bond acceptors (Lipinski definition) is 5. The van der Waals surface area contributed by atoms with E-state index in [1.165, 1.54) is 27.2 Å². The van der Waals surface area contributed by atoms with E-state index in [4.69, 9.17) is 26.2 Å². The molecule has 0 heterocycles. The zero-order valence-corrected chi connectivity index (χ0v) is 13.5. The largest absolute Gasteiger partial charge is 0.494 e. The molecule has 0 fully saturated rings. The summed E-state index contributed by atoms with van der Waals surface area (Å²) in [6, 6.07) is 2.35. The van der Waals surface area contributed by atoms with Gasteiger partial charge in [0.25, 0.3) is 0 Å². The van der Waals surface area contributed by atoms with Gasteiger partial charge in [0.15, 0.2) is 15.6 Å². The van der Waals surface area contributed by atoms with Crippen LogP contribution in [0.5, 0.6) is 5.75 Å². The highest BCUT2D eigenvalue weighted by Gasteiger charge is 2.30. The zero-order chi connectivity index (χ0) is 16.2. The van der Waals surface area contributed by atoms with Gasteiger partial charge in [-0.3, -0.25) is 0 Å². The number of methoxy groups -OCH3 is 2. The van der Waals surface area contributed by atoms with E-state index in [-0.39, 0.29) is 34.3 Å². The Morgan fingerprint density at radius 2 is 2.00 bits per heavy atom. The lowest BCUT2D eigenvalue weighted by molar-refractivity contribution is 0.0692. The zero-order valence-electron chi connectivity index (χ0n) is 11.9. The highest BCUT2D eigenvalue weighted by atomic mass is 35.5. The second-order valence-electron chi connectivity index (χ2n) is 4.43. The molecule has 0 saturated heterocycles. The van der Waals surface area contributed by atoms with Gasteiger partial charge in [-0.05, 0) is 25.5 Å². The van der Waals surface area contributed by atoms with Crippen LogP contribution >= 0.6 is 11.6 Å². The molecule has 0 bridgehead atoms. The van der Waals surface area contributed by atoms with Crippen LogP contribution in [0.15, 0.2) is 17.0 Å². The van der Waals surface area contributed by atoms with Crippen LogP contribution in [0.2, 0.25) is 5.02 Å². The summed E-state index contributed by atoms with van der Waals surface area (Å²) < 4.78 is 35.0. The Balaban J connectivity index is 3.44. The normalized spacial score (nSPS) is 13.0. The Bertz CT molecular complexity index is 626. The van der Waals surface area contributed by atoms with E-state index in [9.17, 15) is 13.2 Å². The molecule has 0 amide bonds. The molecule has 1 aromatic carbocycles. The number of carboxylic acids is 1. The van der Waals surface area contributed by atoms with E-state index in [1.54, 1.807) is 0 Å². The van der Waals surface area contributed by atoms with E-state index in [0.717, 1.165) is 6.07 Å². The molecule has 21 heavy (non-hydrogen) atoms. The molecule has 1 N–H and O–H groups in total. The molecule has 6 nitrogen and oxygen atoms in total. The fourth-order valence-electron chi connectivity index (χ4n) is 1.81. The Hall–Kier alpha value is -1.31. The lowest BCUT2D eigenvalue weighted by Crippen LogP contribution is -2.21. The summed E-state index contributed by atoms with van der Waals surface area (Å²) >= 11 is 5.83. The first-order valence-corrected chi connectivity index (χ1v) is 8.01. The molecule has 0 aromatic heterocycles. The molecule has 8 heteroatoms. The Kier molecular flexibility index (Phi) is 6.00. The lowest BCUT2D eigenvalue weighted by Gasteiger charge is -2.17. The molecule has 0 aliphatic rings. The summed E-state index contributed by atoms with van der Waals surface area (Å²) in [5.41, 5.74) is -0.289. The SMILES string of the molecule is COCCC(C)S(=O)(=O)c1cc(Cl)cc(C(=O)O)c1OC. The van der Waals surface area contributed by atoms with Gasteiger partial charge in [0.2, 0.25) is 0 Å². The molecule has 0 aliphatic carbocycles. The molecule has 1 atom stereocenters. The van der Waals surface area contributed by atoms with Gasteiger partial charge < -0.3 is 14.6 Å². The first kappa shape index (κ1) is 17.7. The maximum absolute atomic E-state index is 12.6. The van der Waals surface area contributed by atoms with Crippen molar-refractivity contribution in [2.75, 3.05) is 20.8 Å². The van der Waals surface area contributed by atoms with Crippen molar-refractivity contribution in [2.24, 2.45) is 0 Å². The molecule has 1 unspecified atom stereocenters. The highest BCUT2D eigenvalue weighted by molar-refractivity contribution is 7.92. The Morgan fingerprint density at radius 1 is 1.38 bits per heavy atom. The van der Waals surface area contributed by atoms with Crippen molar-refractivity contribution in [3.8, 4) is 5.75 Å². The molecule has 1 rings (SSSR count). The van der Waals surface area contributed by atoms with Gasteiger partial charge in [0.05, 0.1) is 12.4 Å². The van der Waals surface area contributed by atoms with Gasteiger partial charge in [0.1, 0.15) is 10.5 Å². The number of aromatic carboxylic acids is 1. The van der Waals surface area contributed by atoms with E-state index < -0.39 is 21.1 Å². The lowest BCUT2D eigenvalue weighted by atomic mass is 10.2. The van der Waals surface area contributed by atoms with Gasteiger partial charge in [-0.25, -0.2) is 13.2 Å². The number of benzene rings is 1. The minimum absolute atomic E-state index is 0.0192. The van der Waals surface area contributed by atoms with Crippen molar-refractivity contribution < 1.29 is 27.8 Å². The fourth-order valence-corrected chi connectivity index (χ4v) is 3.67. The summed E-state index contributed by atoms with van der Waals surface area (Å²) in [5.74, 6) is -1.52. The fraction of sp³-hybridized carbons (Fsp3) is 0.462. The van der Waals surface area contributed by atoms with Gasteiger partial charge in [-0.1, -0.05) is 11.6 Å². The van der Waals surface area contributed by atoms with E-state index >= 15 is 0 Å². The molecular formula is C13H17ClO6S. The number of carbonyl (C=O) groups is 1. The second-order valence-corrected chi connectivity index (χ2v) is 7.20. The number of sulfone groups is 1. The van der Waals surface area contributed by atoms with Crippen LogP contribution in [-0.2, 0) is 14.6 Å². The monoisotopic (exact) mass is 336 g/mol. The first-order chi connectivity index (χ1) is 9.75. The second kappa shape index (κ2) is 7.11. The number of ether oxygens (including phenoxy) is 2. The summed E-state index contributed by atoms with van der Waals surface area (Å²) in [4.78, 5) is 11.0. The van der Waals surface area contributed by atoms with Crippen LogP contribution in [0.3, 0.4) is 0 Å². The van der Waals surface area contributed by atoms with E-state index in [1.807, 2.05) is 0 Å². The quantitative estimate of drug-likeness (QED) is 0.821.